The van der Waals surface area contributed by atoms with Crippen LogP contribution in [0.4, 0.5) is 0 Å². The van der Waals surface area contributed by atoms with Gasteiger partial charge in [-0.05, 0) is 17.5 Å². The van der Waals surface area contributed by atoms with Crippen LogP contribution in [0.15, 0.2) is 60.7 Å². The van der Waals surface area contributed by atoms with Gasteiger partial charge in [0.05, 0.1) is 0 Å². The maximum atomic E-state index is 12.4. The Bertz CT molecular complexity index is 766. The van der Waals surface area contributed by atoms with Crippen LogP contribution in [0.5, 0.6) is 0 Å². The van der Waals surface area contributed by atoms with E-state index in [2.05, 4.69) is 12.1 Å². The van der Waals surface area contributed by atoms with Crippen molar-refractivity contribution in [2.75, 3.05) is 0 Å². The Morgan fingerprint density at radius 2 is 1.55 bits per heavy atom. The Kier molecular flexibility index (Phi) is 2.42. The molecule has 3 heterocycles. The Labute approximate surface area is 128 Å². The molecule has 22 heavy (non-hydrogen) atoms. The van der Waals surface area contributed by atoms with E-state index in [1.54, 1.807) is 0 Å². The highest BCUT2D eigenvalue weighted by molar-refractivity contribution is 7.50. The average Bonchev–Trinajstić information content (AvgIpc) is 3.06. The summed E-state index contributed by atoms with van der Waals surface area (Å²) in [5, 5.41) is 0. The van der Waals surface area contributed by atoms with E-state index in [-0.39, 0.29) is 5.92 Å². The van der Waals surface area contributed by atoms with E-state index >= 15 is 0 Å². The molecule has 3 aliphatic heterocycles. The molecule has 0 N–H and O–H groups in total. The van der Waals surface area contributed by atoms with E-state index in [1.807, 2.05) is 48.5 Å². The topological polar surface area (TPSA) is 44.8 Å². The van der Waals surface area contributed by atoms with Crippen molar-refractivity contribution in [3.8, 4) is 0 Å². The van der Waals surface area contributed by atoms with Gasteiger partial charge >= 0.3 is 7.82 Å². The van der Waals surface area contributed by atoms with E-state index in [4.69, 9.17) is 13.6 Å². The molecule has 1 spiro atoms. The van der Waals surface area contributed by atoms with Gasteiger partial charge in [0.25, 0.3) is 0 Å². The first-order valence-electron chi connectivity index (χ1n) is 7.50. The van der Waals surface area contributed by atoms with Gasteiger partial charge in [0.1, 0.15) is 0 Å². The summed E-state index contributed by atoms with van der Waals surface area (Å²) >= 11 is 0. The Morgan fingerprint density at radius 3 is 2.23 bits per heavy atom. The maximum Gasteiger partial charge on any atom is 0.481 e. The molecule has 0 amide bonds. The van der Waals surface area contributed by atoms with Crippen molar-refractivity contribution in [1.29, 1.82) is 0 Å². The zero-order valence-electron chi connectivity index (χ0n) is 11.8. The molecule has 2 unspecified atom stereocenters. The largest absolute Gasteiger partial charge is 0.481 e. The minimum absolute atomic E-state index is 0.0643. The Hall–Kier alpha value is -1.45. The first kappa shape index (κ1) is 13.0. The minimum atomic E-state index is -3.38. The summed E-state index contributed by atoms with van der Waals surface area (Å²) in [5.41, 5.74) is 1.32. The van der Waals surface area contributed by atoms with Crippen molar-refractivity contribution in [1.82, 2.24) is 0 Å². The van der Waals surface area contributed by atoms with Crippen molar-refractivity contribution in [3.05, 3.63) is 71.8 Å². The summed E-state index contributed by atoms with van der Waals surface area (Å²) in [5.74, 6) is -0.834. The molecular formula is C17H15O4P. The van der Waals surface area contributed by atoms with Gasteiger partial charge in [-0.25, -0.2) is 13.6 Å². The molecule has 112 valence electrons. The van der Waals surface area contributed by atoms with E-state index in [1.165, 1.54) is 0 Å². The highest BCUT2D eigenvalue weighted by Gasteiger charge is 2.83. The number of phosphoric ester groups is 1. The summed E-state index contributed by atoms with van der Waals surface area (Å²) in [6.45, 7) is 0. The number of rotatable bonds is 2. The molecule has 2 aromatic carbocycles. The number of benzene rings is 2. The molecule has 6 rings (SSSR count). The van der Waals surface area contributed by atoms with Crippen LogP contribution in [-0.4, -0.2) is 5.79 Å². The first-order chi connectivity index (χ1) is 10.7. The van der Waals surface area contributed by atoms with E-state index in [0.29, 0.717) is 6.42 Å². The Morgan fingerprint density at radius 1 is 0.909 bits per heavy atom. The first-order valence-corrected chi connectivity index (χ1v) is 8.96. The molecule has 1 saturated carbocycles. The fraction of sp³-hybridized carbons (Fsp3) is 0.294. The molecule has 5 heteroatoms. The van der Waals surface area contributed by atoms with Gasteiger partial charge in [0, 0.05) is 12.3 Å². The average molecular weight is 314 g/mol. The lowest BCUT2D eigenvalue weighted by Gasteiger charge is -2.39. The zero-order valence-corrected chi connectivity index (χ0v) is 12.7. The van der Waals surface area contributed by atoms with Crippen molar-refractivity contribution in [3.63, 3.8) is 0 Å². The lowest BCUT2D eigenvalue weighted by molar-refractivity contribution is -0.204. The molecule has 2 atom stereocenters. The summed E-state index contributed by atoms with van der Waals surface area (Å²) in [6.07, 6.45) is 1.56. The van der Waals surface area contributed by atoms with Crippen molar-refractivity contribution < 1.29 is 18.1 Å². The van der Waals surface area contributed by atoms with Crippen LogP contribution in [0.25, 0.3) is 0 Å². The molecule has 1 aliphatic carbocycles. The SMILES string of the molecule is O=P12OC3(CCC(c4ccccc4)C3(c3ccccc3)O1)O2. The molecule has 4 aliphatic rings. The summed E-state index contributed by atoms with van der Waals surface area (Å²) in [6, 6.07) is 20.1. The standard InChI is InChI=1S/C17H15O4P/c18-22-19-16(20-22)12-11-15(13-7-3-1-4-8-13)17(16,21-22)14-9-5-2-6-10-14/h1-10,15H,11-12H2. The predicted molar refractivity (Wildman–Crippen MR) is 80.1 cm³/mol. The lowest BCUT2D eigenvalue weighted by Crippen LogP contribution is -2.49. The fourth-order valence-electron chi connectivity index (χ4n) is 4.18. The van der Waals surface area contributed by atoms with E-state index in [0.717, 1.165) is 17.5 Å². The molecule has 3 saturated heterocycles. The van der Waals surface area contributed by atoms with Crippen molar-refractivity contribution in [2.45, 2.75) is 30.1 Å². The molecule has 2 aromatic rings. The summed E-state index contributed by atoms with van der Waals surface area (Å²) in [4.78, 5) is 0. The van der Waals surface area contributed by atoms with Gasteiger partial charge in [-0.15, -0.1) is 0 Å². The smallest absolute Gasteiger partial charge is 0.269 e. The van der Waals surface area contributed by atoms with Gasteiger partial charge in [-0.2, -0.15) is 0 Å². The minimum Gasteiger partial charge on any atom is -0.269 e. The highest BCUT2D eigenvalue weighted by Crippen LogP contribution is 2.86. The van der Waals surface area contributed by atoms with Crippen LogP contribution in [0.2, 0.25) is 0 Å². The van der Waals surface area contributed by atoms with Crippen LogP contribution in [0.1, 0.15) is 29.9 Å². The van der Waals surface area contributed by atoms with Crippen molar-refractivity contribution in [2.24, 2.45) is 0 Å². The highest BCUT2D eigenvalue weighted by atomic mass is 31.2. The quantitative estimate of drug-likeness (QED) is 0.773. The molecule has 0 aromatic heterocycles. The summed E-state index contributed by atoms with van der Waals surface area (Å²) < 4.78 is 29.7. The van der Waals surface area contributed by atoms with Gasteiger partial charge < -0.3 is 0 Å². The van der Waals surface area contributed by atoms with Gasteiger partial charge in [0.15, 0.2) is 5.60 Å². The van der Waals surface area contributed by atoms with Crippen LogP contribution in [0, 0.1) is 0 Å². The summed E-state index contributed by atoms with van der Waals surface area (Å²) in [7, 11) is -3.38. The van der Waals surface area contributed by atoms with E-state index in [9.17, 15) is 4.57 Å². The third kappa shape index (κ3) is 1.41. The second-order valence-corrected chi connectivity index (χ2v) is 7.52. The van der Waals surface area contributed by atoms with Crippen molar-refractivity contribution >= 4 is 7.82 Å². The molecule has 4 nitrogen and oxygen atoms in total. The van der Waals surface area contributed by atoms with Crippen LogP contribution in [0.3, 0.4) is 0 Å². The second-order valence-electron chi connectivity index (χ2n) is 6.08. The van der Waals surface area contributed by atoms with Gasteiger partial charge in [-0.1, -0.05) is 60.7 Å². The number of hydrogen-bond acceptors (Lipinski definition) is 4. The van der Waals surface area contributed by atoms with E-state index < -0.39 is 19.2 Å². The molecule has 2 bridgehead atoms. The number of phosphoric acid groups is 1. The lowest BCUT2D eigenvalue weighted by atomic mass is 9.77. The fourth-order valence-corrected chi connectivity index (χ4v) is 6.17. The molecule has 4 fully saturated rings. The van der Waals surface area contributed by atoms with Crippen LogP contribution < -0.4 is 0 Å². The molecular weight excluding hydrogens is 299 g/mol. The third-order valence-electron chi connectivity index (χ3n) is 5.00. The third-order valence-corrected chi connectivity index (χ3v) is 6.55. The van der Waals surface area contributed by atoms with Crippen LogP contribution >= 0.6 is 7.82 Å². The monoisotopic (exact) mass is 314 g/mol. The van der Waals surface area contributed by atoms with Gasteiger partial charge in [0.2, 0.25) is 5.79 Å². The van der Waals surface area contributed by atoms with Gasteiger partial charge in [-0.3, -0.25) is 4.52 Å². The predicted octanol–water partition coefficient (Wildman–Crippen LogP) is 4.34. The number of hydrogen-bond donors (Lipinski definition) is 0. The zero-order chi connectivity index (χ0) is 14.8. The normalized spacial score (nSPS) is 41.9. The maximum absolute atomic E-state index is 12.4. The molecule has 0 radical (unpaired) electrons. The second kappa shape index (κ2) is 4.09. The van der Waals surface area contributed by atoms with Crippen LogP contribution in [-0.2, 0) is 23.7 Å². The Balaban J connectivity index is 1.73.